The van der Waals surface area contributed by atoms with Gasteiger partial charge < -0.3 is 15.4 Å². The second-order valence-corrected chi connectivity index (χ2v) is 8.65. The molecule has 0 saturated heterocycles. The number of hydrogen-bond acceptors (Lipinski definition) is 4. The zero-order chi connectivity index (χ0) is 28.4. The smallest absolute Gasteiger partial charge is 0.308 e. The fraction of sp³-hybridized carbons (Fsp3) is 0.364. The van der Waals surface area contributed by atoms with Crippen LogP contribution in [0.2, 0.25) is 0 Å². The number of nitrogens with one attached hydrogen (secondary N) is 2. The summed E-state index contributed by atoms with van der Waals surface area (Å²) >= 11 is 0. The molecule has 0 unspecified atom stereocenters. The predicted octanol–water partition coefficient (Wildman–Crippen LogP) is 6.94. The average molecular weight is 533 g/mol. The molecule has 1 aromatic rings. The molecule has 2 amide bonds. The number of ether oxygens (including phenoxy) is 1. The fourth-order valence-electron chi connectivity index (χ4n) is 3.31. The largest absolute Gasteiger partial charge is 0.426 e. The lowest BCUT2D eigenvalue weighted by Crippen LogP contribution is -2.34. The summed E-state index contributed by atoms with van der Waals surface area (Å²) in [5.41, 5.74) is 0.275. The highest BCUT2D eigenvalue weighted by molar-refractivity contribution is 5.97. The Morgan fingerprint density at radius 1 is 0.692 bits per heavy atom. The molecular weight excluding hydrogens is 488 g/mol. The van der Waals surface area contributed by atoms with Crippen LogP contribution in [0.4, 0.5) is 0 Å². The summed E-state index contributed by atoms with van der Waals surface area (Å²) in [7, 11) is 0. The Morgan fingerprint density at radius 3 is 1.72 bits per heavy atom. The minimum absolute atomic E-state index is 0.0657. The summed E-state index contributed by atoms with van der Waals surface area (Å²) in [5.74, 6) is -0.708. The van der Waals surface area contributed by atoms with E-state index < -0.39 is 5.97 Å². The number of para-hydroxylation sites is 1. The lowest BCUT2D eigenvalue weighted by molar-refractivity contribution is -0.131. The Bertz CT molecular complexity index is 1030. The van der Waals surface area contributed by atoms with E-state index in [0.717, 1.165) is 38.5 Å². The Labute approximate surface area is 234 Å². The highest BCUT2D eigenvalue weighted by Gasteiger charge is 2.13. The summed E-state index contributed by atoms with van der Waals surface area (Å²) in [5, 5.41) is 5.51. The average Bonchev–Trinajstić information content (AvgIpc) is 2.92. The molecule has 0 spiro atoms. The number of benzene rings is 1. The molecule has 0 aromatic heterocycles. The highest BCUT2D eigenvalue weighted by Crippen LogP contribution is 2.17. The van der Waals surface area contributed by atoms with Crippen LogP contribution in [0.5, 0.6) is 5.75 Å². The van der Waals surface area contributed by atoms with Gasteiger partial charge in [-0.3, -0.25) is 14.4 Å². The second-order valence-electron chi connectivity index (χ2n) is 8.65. The minimum Gasteiger partial charge on any atom is -0.426 e. The lowest BCUT2D eigenvalue weighted by atomic mass is 10.2. The van der Waals surface area contributed by atoms with E-state index >= 15 is 0 Å². The Balaban J connectivity index is 2.06. The van der Waals surface area contributed by atoms with Crippen LogP contribution in [0.3, 0.4) is 0 Å². The third-order valence-electron chi connectivity index (χ3n) is 5.25. The lowest BCUT2D eigenvalue weighted by Gasteiger charge is -2.10. The summed E-state index contributed by atoms with van der Waals surface area (Å²) < 4.78 is 5.05. The monoisotopic (exact) mass is 532 g/mol. The molecule has 0 heterocycles. The molecule has 0 aliphatic carbocycles. The van der Waals surface area contributed by atoms with Crippen LogP contribution in [-0.4, -0.2) is 30.9 Å². The first-order chi connectivity index (χ1) is 19.0. The van der Waals surface area contributed by atoms with Crippen molar-refractivity contribution in [3.63, 3.8) is 0 Å². The molecular formula is C33H44N2O4. The van der Waals surface area contributed by atoms with Crippen LogP contribution >= 0.6 is 0 Å². The van der Waals surface area contributed by atoms with Crippen molar-refractivity contribution in [2.75, 3.05) is 13.1 Å². The van der Waals surface area contributed by atoms with Crippen LogP contribution in [0.25, 0.3) is 0 Å². The van der Waals surface area contributed by atoms with E-state index in [-0.39, 0.29) is 29.7 Å². The van der Waals surface area contributed by atoms with E-state index in [9.17, 15) is 14.4 Å². The zero-order valence-corrected chi connectivity index (χ0v) is 23.4. The van der Waals surface area contributed by atoms with Gasteiger partial charge in [-0.25, -0.2) is 0 Å². The van der Waals surface area contributed by atoms with Gasteiger partial charge in [0.2, 0.25) is 5.91 Å². The van der Waals surface area contributed by atoms with Gasteiger partial charge in [-0.15, -0.1) is 0 Å². The van der Waals surface area contributed by atoms with E-state index in [0.29, 0.717) is 19.4 Å². The number of allylic oxidation sites excluding steroid dienone is 12. The van der Waals surface area contributed by atoms with Crippen molar-refractivity contribution in [1.29, 1.82) is 0 Å². The van der Waals surface area contributed by atoms with Gasteiger partial charge in [0.15, 0.2) is 0 Å². The van der Waals surface area contributed by atoms with Crippen molar-refractivity contribution < 1.29 is 19.1 Å². The number of hydrogen-bond donors (Lipinski definition) is 2. The van der Waals surface area contributed by atoms with Crippen LogP contribution < -0.4 is 15.4 Å². The number of rotatable bonds is 19. The highest BCUT2D eigenvalue weighted by atomic mass is 16.5. The van der Waals surface area contributed by atoms with E-state index in [4.69, 9.17) is 4.74 Å². The van der Waals surface area contributed by atoms with Crippen molar-refractivity contribution >= 4 is 17.8 Å². The SMILES string of the molecule is CCC=CCC=CCC=CCC=CCC=CCC=CCCC(=O)NCCNC(=O)c1ccccc1OC(C)=O. The number of esters is 1. The molecule has 0 bridgehead atoms. The predicted molar refractivity (Wildman–Crippen MR) is 161 cm³/mol. The van der Waals surface area contributed by atoms with E-state index in [1.807, 2.05) is 6.08 Å². The Kier molecular flexibility index (Phi) is 19.7. The van der Waals surface area contributed by atoms with Crippen LogP contribution in [0.15, 0.2) is 97.2 Å². The normalized spacial score (nSPS) is 12.1. The Hall–Kier alpha value is -3.93. The molecule has 1 aromatic carbocycles. The van der Waals surface area contributed by atoms with E-state index in [1.165, 1.54) is 6.92 Å². The number of amides is 2. The molecule has 0 saturated carbocycles. The molecule has 2 N–H and O–H groups in total. The van der Waals surface area contributed by atoms with Gasteiger partial charge in [-0.1, -0.05) is 92.0 Å². The Morgan fingerprint density at radius 2 is 1.18 bits per heavy atom. The van der Waals surface area contributed by atoms with Crippen molar-refractivity contribution in [1.82, 2.24) is 10.6 Å². The van der Waals surface area contributed by atoms with E-state index in [1.54, 1.807) is 24.3 Å². The maximum atomic E-state index is 12.3. The molecule has 210 valence electrons. The molecule has 1 rings (SSSR count). The van der Waals surface area contributed by atoms with Gasteiger partial charge in [0.05, 0.1) is 5.56 Å². The second kappa shape index (κ2) is 23.2. The van der Waals surface area contributed by atoms with Gasteiger partial charge in [-0.2, -0.15) is 0 Å². The van der Waals surface area contributed by atoms with Crippen molar-refractivity contribution in [3.05, 3.63) is 103 Å². The fourth-order valence-corrected chi connectivity index (χ4v) is 3.31. The van der Waals surface area contributed by atoms with Gasteiger partial charge in [0.1, 0.15) is 5.75 Å². The van der Waals surface area contributed by atoms with Gasteiger partial charge in [0, 0.05) is 26.4 Å². The molecule has 39 heavy (non-hydrogen) atoms. The molecule has 0 radical (unpaired) electrons. The summed E-state index contributed by atoms with van der Waals surface area (Å²) in [4.78, 5) is 35.5. The zero-order valence-electron chi connectivity index (χ0n) is 23.4. The third-order valence-corrected chi connectivity index (χ3v) is 5.25. The molecule has 0 fully saturated rings. The molecule has 0 aliphatic heterocycles. The maximum absolute atomic E-state index is 12.3. The van der Waals surface area contributed by atoms with Gasteiger partial charge in [0.25, 0.3) is 5.91 Å². The van der Waals surface area contributed by atoms with Crippen molar-refractivity contribution in [2.24, 2.45) is 0 Å². The number of carbonyl (C=O) groups excluding carboxylic acids is 3. The van der Waals surface area contributed by atoms with Gasteiger partial charge >= 0.3 is 5.97 Å². The first kappa shape index (κ1) is 33.1. The van der Waals surface area contributed by atoms with Crippen LogP contribution in [0.1, 0.15) is 75.6 Å². The maximum Gasteiger partial charge on any atom is 0.308 e. The quantitative estimate of drug-likeness (QED) is 0.0875. The molecule has 0 atom stereocenters. The van der Waals surface area contributed by atoms with Gasteiger partial charge in [-0.05, 0) is 57.1 Å². The standard InChI is InChI=1S/C33H44N2O4/c1-3-4-5-6-7-8-9-10-11-12-13-14-15-16-17-18-19-20-21-26-32(37)34-27-28-35-33(38)30-24-22-23-25-31(30)39-29(2)36/h4-5,7-8,10-11,13-14,16-17,19-20,22-25H,3,6,9,12,15,18,21,26-28H2,1-2H3,(H,34,37)(H,35,38). The molecule has 6 nitrogen and oxygen atoms in total. The topological polar surface area (TPSA) is 84.5 Å². The summed E-state index contributed by atoms with van der Waals surface area (Å²) in [6.07, 6.45) is 32.7. The minimum atomic E-state index is -0.491. The summed E-state index contributed by atoms with van der Waals surface area (Å²) in [6, 6.07) is 6.53. The van der Waals surface area contributed by atoms with Crippen LogP contribution in [-0.2, 0) is 9.59 Å². The first-order valence-corrected chi connectivity index (χ1v) is 13.8. The van der Waals surface area contributed by atoms with Crippen molar-refractivity contribution in [2.45, 2.75) is 65.2 Å². The van der Waals surface area contributed by atoms with E-state index in [2.05, 4.69) is 84.4 Å². The summed E-state index contributed by atoms with van der Waals surface area (Å²) in [6.45, 7) is 4.03. The number of carbonyl (C=O) groups is 3. The van der Waals surface area contributed by atoms with Crippen LogP contribution in [0, 0.1) is 0 Å². The molecule has 0 aliphatic rings. The first-order valence-electron chi connectivity index (χ1n) is 13.8. The molecule has 6 heteroatoms. The third kappa shape index (κ3) is 18.9. The van der Waals surface area contributed by atoms with Crippen molar-refractivity contribution in [3.8, 4) is 5.75 Å².